The number of fused-ring (bicyclic) bond motifs is 1. The van der Waals surface area contributed by atoms with Crippen molar-refractivity contribution in [2.24, 2.45) is 16.7 Å². The smallest absolute Gasteiger partial charge is 0.119 e. The Kier molecular flexibility index (Phi) is 2.22. The number of rotatable bonds is 0. The van der Waals surface area contributed by atoms with Crippen LogP contribution in [-0.2, 0) is 0 Å². The summed E-state index contributed by atoms with van der Waals surface area (Å²) in [5.74, 6) is -0.586. The van der Waals surface area contributed by atoms with Gasteiger partial charge in [0.1, 0.15) is 5.60 Å². The SMILES string of the molecule is CC1(O)C2C(C)(O)C(C)(O)C(C)(O)C2(C)C1(C)C. The maximum atomic E-state index is 10.9. The van der Waals surface area contributed by atoms with Gasteiger partial charge in [0.25, 0.3) is 0 Å². The summed E-state index contributed by atoms with van der Waals surface area (Å²) in [6, 6.07) is 0. The van der Waals surface area contributed by atoms with Gasteiger partial charge in [-0.3, -0.25) is 0 Å². The van der Waals surface area contributed by atoms with E-state index in [0.717, 1.165) is 0 Å². The lowest BCUT2D eigenvalue weighted by Gasteiger charge is -2.71. The zero-order valence-electron chi connectivity index (χ0n) is 12.4. The third-order valence-electron chi connectivity index (χ3n) is 7.21. The highest BCUT2D eigenvalue weighted by atomic mass is 16.4. The summed E-state index contributed by atoms with van der Waals surface area (Å²) in [5.41, 5.74) is -7.24. The van der Waals surface area contributed by atoms with Crippen molar-refractivity contribution < 1.29 is 20.4 Å². The third-order valence-corrected chi connectivity index (χ3v) is 7.21. The molecular formula is C14H26O4. The highest BCUT2D eigenvalue weighted by Crippen LogP contribution is 2.79. The van der Waals surface area contributed by atoms with Crippen molar-refractivity contribution in [1.82, 2.24) is 0 Å². The van der Waals surface area contributed by atoms with Crippen LogP contribution in [0.15, 0.2) is 0 Å². The Morgan fingerprint density at radius 3 is 1.33 bits per heavy atom. The predicted molar refractivity (Wildman–Crippen MR) is 67.9 cm³/mol. The standard InChI is InChI=1S/C14H26O4/c1-9(2)10(3)8(11(9,4)15)12(5,16)14(7,18)13(10,6)17/h8,15-18H,1-7H3. The summed E-state index contributed by atoms with van der Waals surface area (Å²) in [4.78, 5) is 0. The summed E-state index contributed by atoms with van der Waals surface area (Å²) in [6.45, 7) is 11.8. The third kappa shape index (κ3) is 0.883. The lowest BCUT2D eigenvalue weighted by atomic mass is 9.35. The van der Waals surface area contributed by atoms with Gasteiger partial charge in [-0.25, -0.2) is 0 Å². The second kappa shape index (κ2) is 2.80. The minimum Gasteiger partial charge on any atom is -0.389 e. The fourth-order valence-electron chi connectivity index (χ4n) is 5.01. The van der Waals surface area contributed by atoms with E-state index in [4.69, 9.17) is 0 Å². The summed E-state index contributed by atoms with van der Waals surface area (Å²) < 4.78 is 0. The minimum atomic E-state index is -1.68. The van der Waals surface area contributed by atoms with Gasteiger partial charge in [-0.15, -0.1) is 0 Å². The van der Waals surface area contributed by atoms with Crippen molar-refractivity contribution in [2.45, 2.75) is 70.9 Å². The summed E-state index contributed by atoms with van der Waals surface area (Å²) in [7, 11) is 0. The molecule has 2 aliphatic carbocycles. The van der Waals surface area contributed by atoms with Crippen molar-refractivity contribution in [3.63, 3.8) is 0 Å². The lowest BCUT2D eigenvalue weighted by Crippen LogP contribution is -2.77. The molecule has 2 saturated carbocycles. The first-order valence-electron chi connectivity index (χ1n) is 6.51. The highest BCUT2D eigenvalue weighted by Gasteiger charge is 2.89. The van der Waals surface area contributed by atoms with Gasteiger partial charge in [0.2, 0.25) is 0 Å². The Labute approximate surface area is 109 Å². The normalized spacial score (nSPS) is 66.5. The molecule has 0 amide bonds. The first kappa shape index (κ1) is 14.3. The molecule has 0 bridgehead atoms. The van der Waals surface area contributed by atoms with E-state index >= 15 is 0 Å². The van der Waals surface area contributed by atoms with Crippen LogP contribution < -0.4 is 0 Å². The molecule has 0 aromatic carbocycles. The van der Waals surface area contributed by atoms with Crippen molar-refractivity contribution in [3.05, 3.63) is 0 Å². The Morgan fingerprint density at radius 1 is 0.611 bits per heavy atom. The Hall–Kier alpha value is -0.160. The van der Waals surface area contributed by atoms with Gasteiger partial charge in [0, 0.05) is 16.7 Å². The maximum absolute atomic E-state index is 10.9. The summed E-state index contributed by atoms with van der Waals surface area (Å²) >= 11 is 0. The molecule has 6 atom stereocenters. The molecule has 18 heavy (non-hydrogen) atoms. The van der Waals surface area contributed by atoms with Crippen LogP contribution >= 0.6 is 0 Å². The molecule has 0 aromatic heterocycles. The van der Waals surface area contributed by atoms with E-state index in [1.807, 2.05) is 20.8 Å². The van der Waals surface area contributed by atoms with Gasteiger partial charge in [-0.2, -0.15) is 0 Å². The molecule has 4 nitrogen and oxygen atoms in total. The molecular weight excluding hydrogens is 232 g/mol. The van der Waals surface area contributed by atoms with E-state index in [1.54, 1.807) is 13.8 Å². The Bertz CT molecular complexity index is 406. The Balaban J connectivity index is 2.75. The van der Waals surface area contributed by atoms with Crippen LogP contribution in [0, 0.1) is 16.7 Å². The van der Waals surface area contributed by atoms with Gasteiger partial charge >= 0.3 is 0 Å². The van der Waals surface area contributed by atoms with Crippen LogP contribution in [0.1, 0.15) is 48.5 Å². The van der Waals surface area contributed by atoms with Gasteiger partial charge in [-0.05, 0) is 27.7 Å². The van der Waals surface area contributed by atoms with Crippen LogP contribution in [-0.4, -0.2) is 42.8 Å². The van der Waals surface area contributed by atoms with Gasteiger partial charge in [0.15, 0.2) is 0 Å². The lowest BCUT2D eigenvalue weighted by molar-refractivity contribution is -0.336. The number of hydrogen-bond acceptors (Lipinski definition) is 4. The van der Waals surface area contributed by atoms with Gasteiger partial charge in [0.05, 0.1) is 16.8 Å². The van der Waals surface area contributed by atoms with Crippen LogP contribution in [0.4, 0.5) is 0 Å². The second-order valence-electron chi connectivity index (χ2n) is 7.70. The van der Waals surface area contributed by atoms with Crippen LogP contribution in [0.3, 0.4) is 0 Å². The van der Waals surface area contributed by atoms with Crippen molar-refractivity contribution in [1.29, 1.82) is 0 Å². The number of aliphatic hydroxyl groups is 4. The van der Waals surface area contributed by atoms with Gasteiger partial charge < -0.3 is 20.4 Å². The minimum absolute atomic E-state index is 0.586. The fraction of sp³-hybridized carbons (Fsp3) is 1.00. The first-order chi connectivity index (χ1) is 7.62. The van der Waals surface area contributed by atoms with Gasteiger partial charge in [-0.1, -0.05) is 20.8 Å². The largest absolute Gasteiger partial charge is 0.389 e. The molecule has 0 heterocycles. The maximum Gasteiger partial charge on any atom is 0.119 e. The number of hydrogen-bond donors (Lipinski definition) is 4. The topological polar surface area (TPSA) is 80.9 Å². The van der Waals surface area contributed by atoms with E-state index in [9.17, 15) is 20.4 Å². The van der Waals surface area contributed by atoms with Crippen LogP contribution in [0.25, 0.3) is 0 Å². The van der Waals surface area contributed by atoms with E-state index in [2.05, 4.69) is 0 Å². The predicted octanol–water partition coefficient (Wildman–Crippen LogP) is 0.666. The zero-order chi connectivity index (χ0) is 14.6. The van der Waals surface area contributed by atoms with E-state index in [0.29, 0.717) is 0 Å². The van der Waals surface area contributed by atoms with Crippen molar-refractivity contribution in [2.75, 3.05) is 0 Å². The molecule has 0 saturated heterocycles. The zero-order valence-corrected chi connectivity index (χ0v) is 12.4. The molecule has 0 spiro atoms. The highest BCUT2D eigenvalue weighted by molar-refractivity contribution is 5.38. The Morgan fingerprint density at radius 2 is 1.00 bits per heavy atom. The van der Waals surface area contributed by atoms with Crippen molar-refractivity contribution in [3.8, 4) is 0 Å². The average molecular weight is 258 g/mol. The van der Waals surface area contributed by atoms with Crippen molar-refractivity contribution >= 4 is 0 Å². The molecule has 4 heteroatoms. The molecule has 2 rings (SSSR count). The molecule has 4 N–H and O–H groups in total. The van der Waals surface area contributed by atoms with E-state index in [-0.39, 0.29) is 0 Å². The summed E-state index contributed by atoms with van der Waals surface area (Å²) in [5, 5.41) is 42.9. The molecule has 6 unspecified atom stereocenters. The monoisotopic (exact) mass is 258 g/mol. The molecule has 2 aliphatic rings. The van der Waals surface area contributed by atoms with Crippen LogP contribution in [0.5, 0.6) is 0 Å². The quantitative estimate of drug-likeness (QED) is 0.515. The first-order valence-corrected chi connectivity index (χ1v) is 6.51. The molecule has 2 fully saturated rings. The molecule has 0 aliphatic heterocycles. The molecule has 0 radical (unpaired) electrons. The molecule has 106 valence electrons. The molecule has 0 aromatic rings. The van der Waals surface area contributed by atoms with E-state index < -0.39 is 39.2 Å². The second-order valence-corrected chi connectivity index (χ2v) is 7.70. The average Bonchev–Trinajstić information content (AvgIpc) is 2.21. The fourth-order valence-corrected chi connectivity index (χ4v) is 5.01. The van der Waals surface area contributed by atoms with Crippen LogP contribution in [0.2, 0.25) is 0 Å². The summed E-state index contributed by atoms with van der Waals surface area (Å²) in [6.07, 6.45) is 0. The van der Waals surface area contributed by atoms with E-state index in [1.165, 1.54) is 13.8 Å².